The Morgan fingerprint density at radius 1 is 0.318 bits per heavy atom. The molecule has 354 valence electrons. The van der Waals surface area contributed by atoms with Crippen LogP contribution in [0.5, 0.6) is 0 Å². The lowest BCUT2D eigenvalue weighted by atomic mass is 9.70. The first-order valence-electron chi connectivity index (χ1n) is 27.8. The van der Waals surface area contributed by atoms with Gasteiger partial charge in [-0.15, -0.1) is 0 Å². The molecule has 1 nitrogen and oxygen atoms in total. The Kier molecular flexibility index (Phi) is 18.3. The summed E-state index contributed by atoms with van der Waals surface area (Å²) in [5.41, 5.74) is 20.5. The lowest BCUT2D eigenvalue weighted by Gasteiger charge is -2.35. The molecule has 0 N–H and O–H groups in total. The maximum atomic E-state index is 2.68. The Bertz CT molecular complexity index is 2110. The average Bonchev–Trinajstić information content (AvgIpc) is 3.76. The van der Waals surface area contributed by atoms with Gasteiger partial charge in [0.1, 0.15) is 0 Å². The fourth-order valence-electron chi connectivity index (χ4n) is 12.4. The Hall–Kier alpha value is -4.10. The Balaban J connectivity index is 1.39. The molecule has 0 aliphatic heterocycles. The second-order valence-electron chi connectivity index (χ2n) is 20.9. The highest BCUT2D eigenvalue weighted by atomic mass is 15.1. The Morgan fingerprint density at radius 3 is 0.955 bits per heavy atom. The van der Waals surface area contributed by atoms with Crippen LogP contribution in [0.1, 0.15) is 235 Å². The summed E-state index contributed by atoms with van der Waals surface area (Å²) in [4.78, 5) is 2.64. The van der Waals surface area contributed by atoms with Crippen molar-refractivity contribution < 1.29 is 0 Å². The average molecular weight is 884 g/mol. The van der Waals surface area contributed by atoms with Crippen LogP contribution in [-0.2, 0) is 23.7 Å². The van der Waals surface area contributed by atoms with Crippen molar-refractivity contribution in [1.29, 1.82) is 0 Å². The van der Waals surface area contributed by atoms with E-state index in [1.165, 1.54) is 210 Å². The summed E-state index contributed by atoms with van der Waals surface area (Å²) in [6.07, 6.45) is 33.5. The maximum absolute atomic E-state index is 2.68. The van der Waals surface area contributed by atoms with E-state index in [9.17, 15) is 0 Å². The predicted octanol–water partition coefficient (Wildman–Crippen LogP) is 20.6. The second-order valence-corrected chi connectivity index (χ2v) is 20.9. The summed E-state index contributed by atoms with van der Waals surface area (Å²) in [6, 6.07) is 39.9. The third kappa shape index (κ3) is 10.9. The van der Waals surface area contributed by atoms with Crippen molar-refractivity contribution in [2.75, 3.05) is 4.90 Å². The minimum Gasteiger partial charge on any atom is -0.310 e. The van der Waals surface area contributed by atoms with Crippen LogP contribution in [0, 0.1) is 6.92 Å². The number of aryl methyl sites for hydroxylation is 3. The minimum absolute atomic E-state index is 0.0322. The monoisotopic (exact) mass is 884 g/mol. The molecule has 1 heteroatoms. The summed E-state index contributed by atoms with van der Waals surface area (Å²) in [5.74, 6) is 0. The van der Waals surface area contributed by atoms with Gasteiger partial charge in [0.05, 0.1) is 0 Å². The lowest BCUT2D eigenvalue weighted by molar-refractivity contribution is 0.398. The highest BCUT2D eigenvalue weighted by molar-refractivity contribution is 5.89. The molecule has 0 heterocycles. The second kappa shape index (κ2) is 24.3. The van der Waals surface area contributed by atoms with Crippen molar-refractivity contribution in [3.63, 3.8) is 0 Å². The fraction of sp³-hybridized carbons (Fsp3) is 0.538. The van der Waals surface area contributed by atoms with Gasteiger partial charge in [-0.05, 0) is 137 Å². The van der Waals surface area contributed by atoms with Crippen molar-refractivity contribution in [2.45, 2.75) is 226 Å². The van der Waals surface area contributed by atoms with Crippen molar-refractivity contribution >= 4 is 17.1 Å². The van der Waals surface area contributed by atoms with Gasteiger partial charge in [0.2, 0.25) is 0 Å². The third-order valence-corrected chi connectivity index (χ3v) is 16.3. The molecule has 0 aromatic heterocycles. The largest absolute Gasteiger partial charge is 0.310 e. The van der Waals surface area contributed by atoms with Gasteiger partial charge in [-0.1, -0.05) is 236 Å². The van der Waals surface area contributed by atoms with Gasteiger partial charge in [0, 0.05) is 27.9 Å². The van der Waals surface area contributed by atoms with E-state index in [0.29, 0.717) is 0 Å². The van der Waals surface area contributed by atoms with Crippen molar-refractivity contribution in [1.82, 2.24) is 0 Å². The van der Waals surface area contributed by atoms with Crippen LogP contribution in [-0.4, -0.2) is 0 Å². The highest BCUT2D eigenvalue weighted by Crippen LogP contribution is 2.58. The van der Waals surface area contributed by atoms with Crippen molar-refractivity contribution in [3.05, 3.63) is 136 Å². The van der Waals surface area contributed by atoms with Gasteiger partial charge in [-0.3, -0.25) is 0 Å². The van der Waals surface area contributed by atoms with Crippen LogP contribution in [0.3, 0.4) is 0 Å². The van der Waals surface area contributed by atoms with Crippen molar-refractivity contribution in [3.8, 4) is 22.3 Å². The molecule has 0 spiro atoms. The van der Waals surface area contributed by atoms with E-state index in [2.05, 4.69) is 150 Å². The van der Waals surface area contributed by atoms with Crippen molar-refractivity contribution in [2.24, 2.45) is 0 Å². The summed E-state index contributed by atoms with van der Waals surface area (Å²) in [5, 5.41) is 0. The maximum Gasteiger partial charge on any atom is 0.0465 e. The van der Waals surface area contributed by atoms with Gasteiger partial charge in [0.25, 0.3) is 0 Å². The number of hydrogen-bond donors (Lipinski definition) is 0. The summed E-state index contributed by atoms with van der Waals surface area (Å²) >= 11 is 0. The zero-order chi connectivity index (χ0) is 46.4. The molecular weight excluding hydrogens is 795 g/mol. The van der Waals surface area contributed by atoms with Gasteiger partial charge in [-0.2, -0.15) is 0 Å². The van der Waals surface area contributed by atoms with E-state index in [-0.39, 0.29) is 10.8 Å². The van der Waals surface area contributed by atoms with Gasteiger partial charge >= 0.3 is 0 Å². The molecule has 0 amide bonds. The molecule has 2 aliphatic carbocycles. The molecule has 0 bridgehead atoms. The minimum atomic E-state index is 0.0322. The van der Waals surface area contributed by atoms with E-state index in [1.54, 1.807) is 22.3 Å². The topological polar surface area (TPSA) is 3.24 Å². The smallest absolute Gasteiger partial charge is 0.0465 e. The normalized spacial score (nSPS) is 14.0. The summed E-state index contributed by atoms with van der Waals surface area (Å²) in [6.45, 7) is 16.3. The molecular formula is C65H89N. The van der Waals surface area contributed by atoms with E-state index in [4.69, 9.17) is 0 Å². The quantitative estimate of drug-likeness (QED) is 0.0433. The van der Waals surface area contributed by atoms with Gasteiger partial charge in [-0.25, -0.2) is 0 Å². The number of anilines is 3. The van der Waals surface area contributed by atoms with Crippen LogP contribution < -0.4 is 4.90 Å². The molecule has 5 aromatic rings. The summed E-state index contributed by atoms with van der Waals surface area (Å²) < 4.78 is 0. The van der Waals surface area contributed by atoms with Gasteiger partial charge in [0.15, 0.2) is 0 Å². The molecule has 0 fully saturated rings. The zero-order valence-electron chi connectivity index (χ0n) is 43.1. The highest BCUT2D eigenvalue weighted by Gasteiger charge is 2.44. The Morgan fingerprint density at radius 2 is 0.621 bits per heavy atom. The number of benzene rings is 5. The van der Waals surface area contributed by atoms with E-state index in [1.807, 2.05) is 0 Å². The first kappa shape index (κ1) is 49.8. The number of rotatable bonds is 29. The first-order chi connectivity index (χ1) is 32.4. The molecule has 5 aromatic carbocycles. The van der Waals surface area contributed by atoms with Crippen LogP contribution >= 0.6 is 0 Å². The van der Waals surface area contributed by atoms with Crippen LogP contribution in [0.15, 0.2) is 97.1 Å². The number of nitrogens with zero attached hydrogens (tertiary/aromatic N) is 1. The van der Waals surface area contributed by atoms with Crippen LogP contribution in [0.4, 0.5) is 17.1 Å². The van der Waals surface area contributed by atoms with E-state index < -0.39 is 0 Å². The standard InChI is InChI=1S/C65H89N/c1-8-14-18-22-26-42-64(43-27-23-19-15-9-2)60-46-51(12-5)32-38-56(60)58-40-36-54(48-62(58)64)66(53-34-30-50(7)31-35-53)55-37-41-59-57-39-33-52(13-6)47-61(57)65(63(59)49-55,44-28-24-20-16-10-3)45-29-25-21-17-11-4/h30-41,46-49H,8-29,42-45H2,1-7H3. The van der Waals surface area contributed by atoms with E-state index in [0.717, 1.165) is 12.8 Å². The van der Waals surface area contributed by atoms with E-state index >= 15 is 0 Å². The molecule has 0 saturated carbocycles. The zero-order valence-corrected chi connectivity index (χ0v) is 43.1. The predicted molar refractivity (Wildman–Crippen MR) is 291 cm³/mol. The summed E-state index contributed by atoms with van der Waals surface area (Å²) in [7, 11) is 0. The Labute approximate surface area is 404 Å². The van der Waals surface area contributed by atoms with Gasteiger partial charge < -0.3 is 4.90 Å². The number of fused-ring (bicyclic) bond motifs is 6. The van der Waals surface area contributed by atoms with Crippen LogP contribution in [0.25, 0.3) is 22.3 Å². The lowest BCUT2D eigenvalue weighted by Crippen LogP contribution is -2.26. The molecule has 2 aliphatic rings. The molecule has 0 radical (unpaired) electrons. The molecule has 7 rings (SSSR count). The number of hydrogen-bond acceptors (Lipinski definition) is 1. The molecule has 0 atom stereocenters. The molecule has 0 unspecified atom stereocenters. The van der Waals surface area contributed by atoms with Crippen LogP contribution in [0.2, 0.25) is 0 Å². The SMILES string of the molecule is CCCCCCCC1(CCCCCCC)c2cc(CC)ccc2-c2ccc(N(c3ccc(C)cc3)c3ccc4c(c3)C(CCCCCCC)(CCCCCCC)c3cc(CC)ccc3-4)cc21. The fourth-order valence-corrected chi connectivity index (χ4v) is 12.4. The molecule has 66 heavy (non-hydrogen) atoms. The third-order valence-electron chi connectivity index (χ3n) is 16.3. The number of unbranched alkanes of at least 4 members (excludes halogenated alkanes) is 16. The molecule has 0 saturated heterocycles. The first-order valence-corrected chi connectivity index (χ1v) is 27.8.